The number of rotatable bonds is 3. The summed E-state index contributed by atoms with van der Waals surface area (Å²) in [6.45, 7) is 4.31. The van der Waals surface area contributed by atoms with Crippen LogP contribution in [-0.2, 0) is 11.0 Å². The Morgan fingerprint density at radius 3 is 2.66 bits per heavy atom. The van der Waals surface area contributed by atoms with Crippen LogP contribution in [0.25, 0.3) is 11.4 Å². The molecule has 0 aliphatic carbocycles. The van der Waals surface area contributed by atoms with E-state index in [-0.39, 0.29) is 35.5 Å². The Bertz CT molecular complexity index is 1080. The number of halogens is 3. The third kappa shape index (κ3) is 3.74. The van der Waals surface area contributed by atoms with Crippen molar-refractivity contribution in [2.24, 2.45) is 0 Å². The second kappa shape index (κ2) is 7.02. The van der Waals surface area contributed by atoms with Crippen molar-refractivity contribution in [2.75, 3.05) is 11.4 Å². The van der Waals surface area contributed by atoms with Gasteiger partial charge in [0.2, 0.25) is 17.6 Å². The lowest BCUT2D eigenvalue weighted by Gasteiger charge is -2.19. The molecule has 0 spiro atoms. The number of carbonyl (C=O) groups excluding carboxylic acids is 1. The maximum absolute atomic E-state index is 12.9. The van der Waals surface area contributed by atoms with Crippen molar-refractivity contribution in [2.45, 2.75) is 32.4 Å². The van der Waals surface area contributed by atoms with E-state index in [1.165, 1.54) is 12.1 Å². The molecule has 4 rings (SSSR count). The van der Waals surface area contributed by atoms with E-state index in [4.69, 9.17) is 4.52 Å². The molecule has 5 nitrogen and oxygen atoms in total. The Kier molecular flexibility index (Phi) is 4.64. The molecule has 1 fully saturated rings. The molecular formula is C21H18F3N3O2. The fourth-order valence-electron chi connectivity index (χ4n) is 3.57. The molecule has 8 heteroatoms. The molecule has 1 atom stereocenters. The van der Waals surface area contributed by atoms with Gasteiger partial charge in [-0.3, -0.25) is 4.79 Å². The first-order chi connectivity index (χ1) is 13.7. The SMILES string of the molecule is Cc1ccc(N2C[C@@H](c3nc(-c4cccc(C(F)(F)F)c4)no3)CC2=O)c(C)c1. The van der Waals surface area contributed by atoms with E-state index in [9.17, 15) is 18.0 Å². The first kappa shape index (κ1) is 19.2. The van der Waals surface area contributed by atoms with Crippen LogP contribution >= 0.6 is 0 Å². The second-order valence-electron chi connectivity index (χ2n) is 7.23. The van der Waals surface area contributed by atoms with Gasteiger partial charge in [-0.25, -0.2) is 0 Å². The highest BCUT2D eigenvalue weighted by Gasteiger charge is 2.36. The van der Waals surface area contributed by atoms with Gasteiger partial charge in [-0.15, -0.1) is 0 Å². The number of aryl methyl sites for hydroxylation is 2. The Labute approximate surface area is 165 Å². The van der Waals surface area contributed by atoms with Gasteiger partial charge in [-0.2, -0.15) is 18.2 Å². The number of aromatic nitrogens is 2. The highest BCUT2D eigenvalue weighted by atomic mass is 19.4. The highest BCUT2D eigenvalue weighted by molar-refractivity contribution is 5.97. The van der Waals surface area contributed by atoms with Crippen molar-refractivity contribution >= 4 is 11.6 Å². The predicted octanol–water partition coefficient (Wildman–Crippen LogP) is 4.89. The summed E-state index contributed by atoms with van der Waals surface area (Å²) in [4.78, 5) is 18.5. The molecule has 29 heavy (non-hydrogen) atoms. The maximum Gasteiger partial charge on any atom is 0.416 e. The normalized spacial score (nSPS) is 17.2. The summed E-state index contributed by atoms with van der Waals surface area (Å²) in [5, 5.41) is 3.82. The zero-order valence-corrected chi connectivity index (χ0v) is 15.8. The van der Waals surface area contributed by atoms with Gasteiger partial charge in [0.05, 0.1) is 11.5 Å². The number of nitrogens with zero attached hydrogens (tertiary/aromatic N) is 3. The molecule has 2 heterocycles. The van der Waals surface area contributed by atoms with Gasteiger partial charge in [0.25, 0.3) is 0 Å². The number of hydrogen-bond donors (Lipinski definition) is 0. The van der Waals surface area contributed by atoms with Crippen molar-refractivity contribution < 1.29 is 22.5 Å². The number of carbonyl (C=O) groups is 1. The largest absolute Gasteiger partial charge is 0.416 e. The van der Waals surface area contributed by atoms with Crippen LogP contribution in [0.4, 0.5) is 18.9 Å². The number of hydrogen-bond acceptors (Lipinski definition) is 4. The average molecular weight is 401 g/mol. The quantitative estimate of drug-likeness (QED) is 0.627. The lowest BCUT2D eigenvalue weighted by Crippen LogP contribution is -2.25. The smallest absolute Gasteiger partial charge is 0.339 e. The van der Waals surface area contributed by atoms with E-state index in [1.54, 1.807) is 4.90 Å². The van der Waals surface area contributed by atoms with Crippen molar-refractivity contribution in [3.05, 3.63) is 65.0 Å². The van der Waals surface area contributed by atoms with E-state index in [2.05, 4.69) is 10.1 Å². The maximum atomic E-state index is 12.9. The van der Waals surface area contributed by atoms with Crippen LogP contribution in [-0.4, -0.2) is 22.6 Å². The average Bonchev–Trinajstić information content (AvgIpc) is 3.28. The Hall–Kier alpha value is -3.16. The van der Waals surface area contributed by atoms with Gasteiger partial charge in [-0.05, 0) is 37.6 Å². The fraction of sp³-hybridized carbons (Fsp3) is 0.286. The molecular weight excluding hydrogens is 383 g/mol. The van der Waals surface area contributed by atoms with Crippen molar-refractivity contribution in [3.63, 3.8) is 0 Å². The Balaban J connectivity index is 1.57. The molecule has 0 saturated carbocycles. The molecule has 0 radical (unpaired) electrons. The van der Waals surface area contributed by atoms with E-state index in [0.717, 1.165) is 28.9 Å². The Morgan fingerprint density at radius 2 is 1.93 bits per heavy atom. The lowest BCUT2D eigenvalue weighted by molar-refractivity contribution is -0.137. The van der Waals surface area contributed by atoms with Crippen LogP contribution in [0.3, 0.4) is 0 Å². The summed E-state index contributed by atoms with van der Waals surface area (Å²) in [5.41, 5.74) is 2.37. The van der Waals surface area contributed by atoms with E-state index in [0.29, 0.717) is 6.54 Å². The fourth-order valence-corrected chi connectivity index (χ4v) is 3.57. The first-order valence-corrected chi connectivity index (χ1v) is 9.11. The molecule has 1 aromatic heterocycles. The molecule has 0 unspecified atom stereocenters. The standard InChI is InChI=1S/C21H18F3N3O2/c1-12-6-7-17(13(2)8-12)27-11-15(10-18(27)28)20-25-19(26-29-20)14-4-3-5-16(9-14)21(22,23)24/h3-9,15H,10-11H2,1-2H3/t15-/m0/s1. The number of alkyl halides is 3. The third-order valence-electron chi connectivity index (χ3n) is 5.01. The van der Waals surface area contributed by atoms with Crippen LogP contribution in [0, 0.1) is 13.8 Å². The Morgan fingerprint density at radius 1 is 1.14 bits per heavy atom. The van der Waals surface area contributed by atoms with Crippen LogP contribution < -0.4 is 4.90 Å². The molecule has 2 aromatic carbocycles. The topological polar surface area (TPSA) is 59.2 Å². The van der Waals surface area contributed by atoms with Crippen molar-refractivity contribution in [3.8, 4) is 11.4 Å². The summed E-state index contributed by atoms with van der Waals surface area (Å²) in [7, 11) is 0. The van der Waals surface area contributed by atoms with Crippen LogP contribution in [0.1, 0.15) is 34.9 Å². The highest BCUT2D eigenvalue weighted by Crippen LogP contribution is 2.35. The minimum absolute atomic E-state index is 0.0548. The zero-order chi connectivity index (χ0) is 20.8. The monoisotopic (exact) mass is 401 g/mol. The lowest BCUT2D eigenvalue weighted by atomic mass is 10.1. The van der Waals surface area contributed by atoms with Gasteiger partial charge < -0.3 is 9.42 Å². The second-order valence-corrected chi connectivity index (χ2v) is 7.23. The van der Waals surface area contributed by atoms with Crippen LogP contribution in [0.15, 0.2) is 47.0 Å². The molecule has 0 N–H and O–H groups in total. The molecule has 150 valence electrons. The molecule has 1 aliphatic heterocycles. The first-order valence-electron chi connectivity index (χ1n) is 9.11. The van der Waals surface area contributed by atoms with Crippen molar-refractivity contribution in [1.29, 1.82) is 0 Å². The van der Waals surface area contributed by atoms with Gasteiger partial charge in [0.1, 0.15) is 0 Å². The van der Waals surface area contributed by atoms with Gasteiger partial charge in [0, 0.05) is 24.2 Å². The number of anilines is 1. The molecule has 1 amide bonds. The van der Waals surface area contributed by atoms with E-state index < -0.39 is 11.7 Å². The molecule has 0 bridgehead atoms. The summed E-state index contributed by atoms with van der Waals surface area (Å²) in [5.74, 6) is -0.0439. The summed E-state index contributed by atoms with van der Waals surface area (Å²) in [6, 6.07) is 10.6. The van der Waals surface area contributed by atoms with Crippen LogP contribution in [0.5, 0.6) is 0 Å². The van der Waals surface area contributed by atoms with Gasteiger partial charge >= 0.3 is 6.18 Å². The summed E-state index contributed by atoms with van der Waals surface area (Å²) >= 11 is 0. The minimum atomic E-state index is -4.45. The molecule has 1 aliphatic rings. The third-order valence-corrected chi connectivity index (χ3v) is 5.01. The molecule has 3 aromatic rings. The van der Waals surface area contributed by atoms with Gasteiger partial charge in [-0.1, -0.05) is 35.0 Å². The van der Waals surface area contributed by atoms with E-state index >= 15 is 0 Å². The predicted molar refractivity (Wildman–Crippen MR) is 100 cm³/mol. The van der Waals surface area contributed by atoms with E-state index in [1.807, 2.05) is 32.0 Å². The van der Waals surface area contributed by atoms with Gasteiger partial charge in [0.15, 0.2) is 0 Å². The van der Waals surface area contributed by atoms with Crippen LogP contribution in [0.2, 0.25) is 0 Å². The summed E-state index contributed by atoms with van der Waals surface area (Å²) < 4.78 is 44.1. The number of amides is 1. The number of benzene rings is 2. The summed E-state index contributed by atoms with van der Waals surface area (Å²) in [6.07, 6.45) is -4.25. The van der Waals surface area contributed by atoms with Crippen molar-refractivity contribution in [1.82, 2.24) is 10.1 Å². The molecule has 1 saturated heterocycles. The minimum Gasteiger partial charge on any atom is -0.339 e. The zero-order valence-electron chi connectivity index (χ0n) is 15.8.